The van der Waals surface area contributed by atoms with Crippen LogP contribution in [-0.4, -0.2) is 7.62 Å². The van der Waals surface area contributed by atoms with Gasteiger partial charge in [-0.3, -0.25) is 12.2 Å². The van der Waals surface area contributed by atoms with E-state index in [1.807, 2.05) is 24.3 Å². The van der Waals surface area contributed by atoms with Gasteiger partial charge in [0.2, 0.25) is 0 Å². The molecule has 0 aromatic heterocycles. The molecule has 12 rings (SSSR count). The van der Waals surface area contributed by atoms with Gasteiger partial charge in [-0.25, -0.2) is 24.3 Å². The zero-order chi connectivity index (χ0) is 47.5. The van der Waals surface area contributed by atoms with E-state index in [2.05, 4.69) is 286 Å². The molecule has 0 radical (unpaired) electrons. The summed E-state index contributed by atoms with van der Waals surface area (Å²) >= 11 is 4.17. The van der Waals surface area contributed by atoms with Crippen LogP contribution in [0.1, 0.15) is 62.8 Å². The average molecular weight is 1020 g/mol. The first-order chi connectivity index (χ1) is 33.2. The monoisotopic (exact) mass is 1010 g/mol. The van der Waals surface area contributed by atoms with E-state index in [1.165, 1.54) is 96.6 Å². The Kier molecular flexibility index (Phi) is 22.9. The molecule has 4 heteroatoms. The standard InChI is InChI=1S/2C25H17.2C5H5.2C3H6.2ClH.2Ti/c2*1-3-7-18(8-4-1)20-11-13-24-22(15-20)17-23-16-21(12-14-25(23)24)19-9-5-2-6-10-19;2*1-2-4-5-3-1;2*1-3-2;;;;/h2*1-15H,17H2;2*1-3H,4H2;2*1-2H3;2*1H;;/q4*-1;;;;;2*+2/p-2. The maximum Gasteiger partial charge on any atom is -0.0181 e. The van der Waals surface area contributed by atoms with Crippen molar-refractivity contribution in [1.82, 2.24) is 0 Å². The normalized spacial score (nSPS) is 11.8. The van der Waals surface area contributed by atoms with E-state index in [4.69, 9.17) is 0 Å². The largest absolute Gasteiger partial charge is 1.00 e. The molecule has 0 unspecified atom stereocenters. The van der Waals surface area contributed by atoms with Crippen molar-refractivity contribution in [2.75, 3.05) is 0 Å². The van der Waals surface area contributed by atoms with Crippen LogP contribution in [0.25, 0.3) is 66.8 Å². The number of benzene rings is 8. The van der Waals surface area contributed by atoms with Crippen LogP contribution in [0, 0.1) is 24.3 Å². The van der Waals surface area contributed by atoms with Crippen LogP contribution in [-0.2, 0) is 52.8 Å². The number of rotatable bonds is 4. The number of hydrogen-bond donors (Lipinski definition) is 0. The Morgan fingerprint density at radius 2 is 0.686 bits per heavy atom. The summed E-state index contributed by atoms with van der Waals surface area (Å²) in [5.74, 6) is 0. The van der Waals surface area contributed by atoms with Crippen LogP contribution >= 0.6 is 0 Å². The number of hydrogen-bond acceptors (Lipinski definition) is 0. The molecule has 0 heterocycles. The molecule has 0 saturated heterocycles. The van der Waals surface area contributed by atoms with Gasteiger partial charge in [0.25, 0.3) is 0 Å². The van der Waals surface area contributed by atoms with Gasteiger partial charge < -0.3 is 24.8 Å². The summed E-state index contributed by atoms with van der Waals surface area (Å²) in [4.78, 5) is 0. The third-order valence-corrected chi connectivity index (χ3v) is 11.1. The topological polar surface area (TPSA) is 0 Å². The van der Waals surface area contributed by atoms with Crippen LogP contribution in [0.4, 0.5) is 0 Å². The Hall–Kier alpha value is -5.53. The number of halogens is 2. The summed E-state index contributed by atoms with van der Waals surface area (Å²) in [7, 11) is 0. The van der Waals surface area contributed by atoms with Crippen LogP contribution in [0.15, 0.2) is 218 Å². The van der Waals surface area contributed by atoms with Crippen molar-refractivity contribution in [2.24, 2.45) is 0 Å². The van der Waals surface area contributed by atoms with Gasteiger partial charge in [0.1, 0.15) is 0 Å². The second-order valence-electron chi connectivity index (χ2n) is 17.1. The molecule has 4 aliphatic carbocycles. The average Bonchev–Trinajstić information content (AvgIpc) is 4.24. The molecular weight excluding hydrogens is 959 g/mol. The van der Waals surface area contributed by atoms with E-state index < -0.39 is 0 Å². The maximum absolute atomic E-state index is 3.65. The summed E-state index contributed by atoms with van der Waals surface area (Å²) in [5, 5.41) is 0. The quantitative estimate of drug-likeness (QED) is 0.122. The van der Waals surface area contributed by atoms with Gasteiger partial charge in [-0.05, 0) is 46.2 Å². The van der Waals surface area contributed by atoms with E-state index in [-0.39, 0.29) is 24.8 Å². The number of fused-ring (bicyclic) bond motifs is 6. The molecule has 0 N–H and O–H groups in total. The SMILES string of the molecule is C[C](C)=[Ti+2].C[C](C)=[Ti+2].[C-]1=CC=CC1.[C-]1=CC=CC1.[Cl-].[Cl-].[c-]1c(-c2ccccc2)ccc2c1Cc1cc(-c3ccccc3)ccc1-2.[c-]1c(-c2ccccc2)ccc2c1Cc1cc(-c3ccccc3)ccc1-2. The van der Waals surface area contributed by atoms with Crippen LogP contribution in [0.3, 0.4) is 0 Å². The third kappa shape index (κ3) is 16.3. The second kappa shape index (κ2) is 29.0. The molecule has 8 aromatic carbocycles. The summed E-state index contributed by atoms with van der Waals surface area (Å²) in [6, 6.07) is 72.0. The molecule has 0 amide bonds. The maximum atomic E-state index is 3.65. The van der Waals surface area contributed by atoms with Crippen LogP contribution in [0.2, 0.25) is 0 Å². The van der Waals surface area contributed by atoms with Gasteiger partial charge in [-0.15, -0.1) is 71.5 Å². The van der Waals surface area contributed by atoms with Crippen molar-refractivity contribution in [1.29, 1.82) is 0 Å². The predicted molar refractivity (Wildman–Crippen MR) is 285 cm³/mol. The zero-order valence-corrected chi connectivity index (χ0v) is 45.0. The van der Waals surface area contributed by atoms with E-state index in [0.717, 1.165) is 25.7 Å². The molecule has 0 aliphatic heterocycles. The summed E-state index contributed by atoms with van der Waals surface area (Å²) < 4.78 is 2.83. The van der Waals surface area contributed by atoms with Crippen molar-refractivity contribution in [3.05, 3.63) is 265 Å². The zero-order valence-electron chi connectivity index (χ0n) is 40.4. The van der Waals surface area contributed by atoms with Gasteiger partial charge >= 0.3 is 75.3 Å². The summed E-state index contributed by atoms with van der Waals surface area (Å²) in [5.41, 5.74) is 20.7. The van der Waals surface area contributed by atoms with Crippen molar-refractivity contribution >= 4 is 7.62 Å². The minimum Gasteiger partial charge on any atom is -1.00 e. The fourth-order valence-electron chi connectivity index (χ4n) is 8.12. The van der Waals surface area contributed by atoms with Crippen LogP contribution in [0.5, 0.6) is 0 Å². The summed E-state index contributed by atoms with van der Waals surface area (Å²) in [6.07, 6.45) is 21.9. The van der Waals surface area contributed by atoms with E-state index in [1.54, 1.807) is 0 Å². The van der Waals surface area contributed by atoms with Crippen molar-refractivity contribution in [3.63, 3.8) is 0 Å². The molecular formula is C66H56Cl2Ti2-2. The molecule has 0 atom stereocenters. The first-order valence-electron chi connectivity index (χ1n) is 23.3. The van der Waals surface area contributed by atoms with Crippen molar-refractivity contribution < 1.29 is 64.8 Å². The second-order valence-corrected chi connectivity index (χ2v) is 20.2. The van der Waals surface area contributed by atoms with Gasteiger partial charge in [-0.1, -0.05) is 191 Å². The smallest absolute Gasteiger partial charge is 0.0181 e. The Labute approximate surface area is 453 Å². The van der Waals surface area contributed by atoms with E-state index in [0.29, 0.717) is 0 Å². The van der Waals surface area contributed by atoms with E-state index in [9.17, 15) is 0 Å². The first kappa shape index (κ1) is 55.4. The predicted octanol–water partition coefficient (Wildman–Crippen LogP) is 10.9. The van der Waals surface area contributed by atoms with Gasteiger partial charge in [0, 0.05) is 0 Å². The minimum absolute atomic E-state index is 0. The molecule has 8 aromatic rings. The molecule has 70 heavy (non-hydrogen) atoms. The molecule has 344 valence electrons. The molecule has 0 bridgehead atoms. The third-order valence-electron chi connectivity index (χ3n) is 11.1. The van der Waals surface area contributed by atoms with Crippen molar-refractivity contribution in [2.45, 2.75) is 53.4 Å². The van der Waals surface area contributed by atoms with Gasteiger partial charge in [0.15, 0.2) is 0 Å². The van der Waals surface area contributed by atoms with E-state index >= 15 is 0 Å². The van der Waals surface area contributed by atoms with Gasteiger partial charge in [0.05, 0.1) is 0 Å². The molecule has 0 spiro atoms. The fourth-order valence-corrected chi connectivity index (χ4v) is 8.12. The van der Waals surface area contributed by atoms with Crippen LogP contribution < -0.4 is 24.8 Å². The molecule has 4 aliphatic rings. The molecule has 0 nitrogen and oxygen atoms in total. The molecule has 0 saturated carbocycles. The minimum atomic E-state index is 0. The fraction of sp³-hybridized carbons (Fsp3) is 0.121. The van der Waals surface area contributed by atoms with Gasteiger partial charge in [-0.2, -0.15) is 12.2 Å². The molecule has 0 fully saturated rings. The Bertz CT molecular complexity index is 2640. The summed E-state index contributed by atoms with van der Waals surface area (Å²) in [6.45, 7) is 8.33. The Morgan fingerprint density at radius 3 is 0.971 bits per heavy atom. The van der Waals surface area contributed by atoms with Crippen molar-refractivity contribution in [3.8, 4) is 66.8 Å². The first-order valence-corrected chi connectivity index (χ1v) is 24.9. The Morgan fingerprint density at radius 1 is 0.371 bits per heavy atom. The Balaban J connectivity index is 0.000000189. The number of allylic oxidation sites excluding steroid dienone is 8.